The van der Waals surface area contributed by atoms with Crippen molar-refractivity contribution < 1.29 is 9.52 Å². The van der Waals surface area contributed by atoms with Gasteiger partial charge in [-0.05, 0) is 38.0 Å². The Morgan fingerprint density at radius 3 is 2.89 bits per heavy atom. The van der Waals surface area contributed by atoms with Gasteiger partial charge in [0.25, 0.3) is 0 Å². The number of hydrogen-bond acceptors (Lipinski definition) is 3. The highest BCUT2D eigenvalue weighted by molar-refractivity contribution is 5.78. The molecular formula is C15H16O3. The van der Waals surface area contributed by atoms with Gasteiger partial charge in [0.1, 0.15) is 11.3 Å². The molecule has 0 aliphatic rings. The third-order valence-corrected chi connectivity index (χ3v) is 3.02. The highest BCUT2D eigenvalue weighted by Gasteiger charge is 2.04. The van der Waals surface area contributed by atoms with Crippen molar-refractivity contribution in [1.29, 1.82) is 0 Å². The number of phenols is 1. The standard InChI is InChI=1S/C15H16O3/c1-3-10(2)4-5-12-8-11-6-7-13(16)9-14(11)18-15(12)17/h4,6-9,16H,3,5H2,1-2H3/b10-4+. The van der Waals surface area contributed by atoms with E-state index in [-0.39, 0.29) is 11.4 Å². The van der Waals surface area contributed by atoms with Gasteiger partial charge in [0, 0.05) is 17.0 Å². The summed E-state index contributed by atoms with van der Waals surface area (Å²) in [6.45, 7) is 4.12. The molecule has 1 heterocycles. The van der Waals surface area contributed by atoms with Crippen LogP contribution in [0.1, 0.15) is 25.8 Å². The van der Waals surface area contributed by atoms with Crippen LogP contribution in [0.5, 0.6) is 5.75 Å². The smallest absolute Gasteiger partial charge is 0.339 e. The van der Waals surface area contributed by atoms with E-state index in [0.29, 0.717) is 17.6 Å². The molecule has 0 spiro atoms. The first-order valence-electron chi connectivity index (χ1n) is 6.01. The van der Waals surface area contributed by atoms with Crippen LogP contribution in [0.4, 0.5) is 0 Å². The van der Waals surface area contributed by atoms with Crippen molar-refractivity contribution in [2.45, 2.75) is 26.7 Å². The summed E-state index contributed by atoms with van der Waals surface area (Å²) in [4.78, 5) is 11.8. The van der Waals surface area contributed by atoms with E-state index in [1.807, 2.05) is 19.1 Å². The van der Waals surface area contributed by atoms with Crippen molar-refractivity contribution in [2.24, 2.45) is 0 Å². The second-order valence-corrected chi connectivity index (χ2v) is 4.39. The van der Waals surface area contributed by atoms with Crippen molar-refractivity contribution in [1.82, 2.24) is 0 Å². The number of phenolic OH excluding ortho intramolecular Hbond substituents is 1. The number of benzene rings is 1. The van der Waals surface area contributed by atoms with Gasteiger partial charge < -0.3 is 9.52 Å². The summed E-state index contributed by atoms with van der Waals surface area (Å²) in [6, 6.07) is 6.60. The molecule has 2 aromatic rings. The summed E-state index contributed by atoms with van der Waals surface area (Å²) < 4.78 is 5.19. The molecule has 0 saturated carbocycles. The van der Waals surface area contributed by atoms with Gasteiger partial charge in [-0.3, -0.25) is 0 Å². The quantitative estimate of drug-likeness (QED) is 0.665. The lowest BCUT2D eigenvalue weighted by Gasteiger charge is -2.01. The second-order valence-electron chi connectivity index (χ2n) is 4.39. The van der Waals surface area contributed by atoms with Crippen molar-refractivity contribution in [3.8, 4) is 5.75 Å². The number of fused-ring (bicyclic) bond motifs is 1. The fourth-order valence-electron chi connectivity index (χ4n) is 1.71. The summed E-state index contributed by atoms with van der Waals surface area (Å²) in [7, 11) is 0. The zero-order valence-corrected chi connectivity index (χ0v) is 10.6. The lowest BCUT2D eigenvalue weighted by Crippen LogP contribution is -2.06. The van der Waals surface area contributed by atoms with E-state index in [4.69, 9.17) is 4.42 Å². The highest BCUT2D eigenvalue weighted by Crippen LogP contribution is 2.19. The summed E-state index contributed by atoms with van der Waals surface area (Å²) >= 11 is 0. The second kappa shape index (κ2) is 5.08. The average Bonchev–Trinajstić information content (AvgIpc) is 2.35. The maximum atomic E-state index is 11.8. The first-order chi connectivity index (χ1) is 8.60. The van der Waals surface area contributed by atoms with E-state index in [1.54, 1.807) is 12.1 Å². The van der Waals surface area contributed by atoms with Gasteiger partial charge in [-0.1, -0.05) is 18.6 Å². The van der Waals surface area contributed by atoms with E-state index in [1.165, 1.54) is 11.6 Å². The summed E-state index contributed by atoms with van der Waals surface area (Å²) in [5.41, 5.74) is 1.97. The SMILES string of the molecule is CC/C(C)=C/Cc1cc2ccc(O)cc2oc1=O. The zero-order chi connectivity index (χ0) is 13.1. The molecule has 0 bridgehead atoms. The molecule has 1 N–H and O–H groups in total. The van der Waals surface area contributed by atoms with E-state index in [2.05, 4.69) is 6.92 Å². The third kappa shape index (κ3) is 2.62. The van der Waals surface area contributed by atoms with Crippen molar-refractivity contribution in [3.63, 3.8) is 0 Å². The van der Waals surface area contributed by atoms with Gasteiger partial charge in [-0.15, -0.1) is 0 Å². The summed E-state index contributed by atoms with van der Waals surface area (Å²) in [6.07, 6.45) is 3.60. The fraction of sp³-hybridized carbons (Fsp3) is 0.267. The maximum absolute atomic E-state index is 11.8. The lowest BCUT2D eigenvalue weighted by molar-refractivity contribution is 0.473. The molecule has 18 heavy (non-hydrogen) atoms. The molecule has 0 aliphatic carbocycles. The van der Waals surface area contributed by atoms with Gasteiger partial charge in [0.15, 0.2) is 0 Å². The first kappa shape index (κ1) is 12.4. The number of rotatable bonds is 3. The molecule has 0 unspecified atom stereocenters. The Morgan fingerprint density at radius 2 is 2.17 bits per heavy atom. The van der Waals surface area contributed by atoms with Crippen LogP contribution < -0.4 is 5.63 Å². The van der Waals surface area contributed by atoms with Gasteiger partial charge in [0.2, 0.25) is 0 Å². The van der Waals surface area contributed by atoms with Crippen LogP contribution in [0, 0.1) is 0 Å². The number of hydrogen-bond donors (Lipinski definition) is 1. The summed E-state index contributed by atoms with van der Waals surface area (Å²) in [5.74, 6) is 0.0973. The monoisotopic (exact) mass is 244 g/mol. The highest BCUT2D eigenvalue weighted by atomic mass is 16.4. The Morgan fingerprint density at radius 1 is 1.39 bits per heavy atom. The fourth-order valence-corrected chi connectivity index (χ4v) is 1.71. The minimum atomic E-state index is -0.340. The Balaban J connectivity index is 2.44. The molecule has 3 heteroatoms. The molecule has 1 aromatic carbocycles. The predicted octanol–water partition coefficient (Wildman–Crippen LogP) is 3.40. The minimum Gasteiger partial charge on any atom is -0.508 e. The van der Waals surface area contributed by atoms with Crippen LogP contribution in [0.2, 0.25) is 0 Å². The number of aromatic hydroxyl groups is 1. The largest absolute Gasteiger partial charge is 0.508 e. The Labute approximate surface area is 105 Å². The summed E-state index contributed by atoms with van der Waals surface area (Å²) in [5, 5.41) is 10.2. The Bertz CT molecular complexity index is 650. The predicted molar refractivity (Wildman–Crippen MR) is 71.9 cm³/mol. The molecule has 3 nitrogen and oxygen atoms in total. The topological polar surface area (TPSA) is 50.4 Å². The van der Waals surface area contributed by atoms with Crippen LogP contribution in [0.3, 0.4) is 0 Å². The normalized spacial score (nSPS) is 12.0. The van der Waals surface area contributed by atoms with Gasteiger partial charge in [-0.25, -0.2) is 4.79 Å². The van der Waals surface area contributed by atoms with Crippen molar-refractivity contribution in [3.05, 3.63) is 51.9 Å². The third-order valence-electron chi connectivity index (χ3n) is 3.02. The van der Waals surface area contributed by atoms with Gasteiger partial charge in [-0.2, -0.15) is 0 Å². The molecule has 0 atom stereocenters. The first-order valence-corrected chi connectivity index (χ1v) is 6.01. The zero-order valence-electron chi connectivity index (χ0n) is 10.6. The molecule has 1 aromatic heterocycles. The minimum absolute atomic E-state index is 0.0973. The lowest BCUT2D eigenvalue weighted by atomic mass is 10.1. The Kier molecular flexibility index (Phi) is 3.51. The van der Waals surface area contributed by atoms with E-state index in [0.717, 1.165) is 11.8 Å². The molecule has 94 valence electrons. The van der Waals surface area contributed by atoms with Crippen LogP contribution in [0.15, 0.2) is 45.1 Å². The van der Waals surface area contributed by atoms with Crippen LogP contribution in [-0.4, -0.2) is 5.11 Å². The van der Waals surface area contributed by atoms with E-state index < -0.39 is 0 Å². The van der Waals surface area contributed by atoms with Gasteiger partial charge >= 0.3 is 5.63 Å². The Hall–Kier alpha value is -2.03. The molecule has 0 aliphatic heterocycles. The van der Waals surface area contributed by atoms with Crippen LogP contribution in [-0.2, 0) is 6.42 Å². The molecule has 0 saturated heterocycles. The van der Waals surface area contributed by atoms with Crippen molar-refractivity contribution >= 4 is 11.0 Å². The molecule has 2 rings (SSSR count). The molecular weight excluding hydrogens is 228 g/mol. The van der Waals surface area contributed by atoms with Gasteiger partial charge in [0.05, 0.1) is 0 Å². The van der Waals surface area contributed by atoms with Crippen molar-refractivity contribution in [2.75, 3.05) is 0 Å². The van der Waals surface area contributed by atoms with E-state index >= 15 is 0 Å². The number of allylic oxidation sites excluding steroid dienone is 2. The average molecular weight is 244 g/mol. The molecule has 0 radical (unpaired) electrons. The van der Waals surface area contributed by atoms with Crippen LogP contribution in [0.25, 0.3) is 11.0 Å². The molecule has 0 fully saturated rings. The maximum Gasteiger partial charge on any atom is 0.339 e. The van der Waals surface area contributed by atoms with E-state index in [9.17, 15) is 9.90 Å². The molecule has 0 amide bonds. The van der Waals surface area contributed by atoms with Crippen LogP contribution >= 0.6 is 0 Å².